The molecular weight excluding hydrogens is 322 g/mol. The zero-order valence-corrected chi connectivity index (χ0v) is 14.8. The molecule has 2 heterocycles. The van der Waals surface area contributed by atoms with Crippen LogP contribution in [0.2, 0.25) is 0 Å². The van der Waals surface area contributed by atoms with Crippen LogP contribution >= 0.6 is 0 Å². The second kappa shape index (κ2) is 7.99. The quantitative estimate of drug-likeness (QED) is 0.762. The highest BCUT2D eigenvalue weighted by Crippen LogP contribution is 2.36. The molecule has 2 atom stereocenters. The molecule has 1 amide bonds. The summed E-state index contributed by atoms with van der Waals surface area (Å²) in [5, 5.41) is 13.8. The molecule has 25 heavy (non-hydrogen) atoms. The number of aromatic nitrogens is 2. The van der Waals surface area contributed by atoms with Crippen molar-refractivity contribution < 1.29 is 19.4 Å². The van der Waals surface area contributed by atoms with Crippen LogP contribution in [0.25, 0.3) is 0 Å². The number of likely N-dealkylation sites (tertiary alicyclic amines) is 1. The van der Waals surface area contributed by atoms with Crippen LogP contribution in [-0.2, 0) is 21.4 Å². The Balaban J connectivity index is 1.66. The molecule has 3 rings (SSSR count). The number of rotatable bonds is 7. The minimum Gasteiger partial charge on any atom is -0.481 e. The third kappa shape index (κ3) is 4.21. The van der Waals surface area contributed by atoms with Crippen molar-refractivity contribution in [2.24, 2.45) is 13.0 Å². The lowest BCUT2D eigenvalue weighted by Gasteiger charge is -2.39. The fourth-order valence-electron chi connectivity index (χ4n) is 4.02. The summed E-state index contributed by atoms with van der Waals surface area (Å²) < 4.78 is 7.53. The largest absolute Gasteiger partial charge is 0.481 e. The van der Waals surface area contributed by atoms with Gasteiger partial charge in [0.2, 0.25) is 5.91 Å². The average Bonchev–Trinajstić information content (AvgIpc) is 3.23. The first-order valence-corrected chi connectivity index (χ1v) is 9.18. The molecule has 0 radical (unpaired) electrons. The number of ether oxygens (including phenoxy) is 1. The van der Waals surface area contributed by atoms with E-state index < -0.39 is 17.9 Å². The first-order valence-electron chi connectivity index (χ1n) is 9.18. The maximum absolute atomic E-state index is 12.5. The van der Waals surface area contributed by atoms with Gasteiger partial charge >= 0.3 is 5.97 Å². The number of carbonyl (C=O) groups is 2. The molecule has 0 unspecified atom stereocenters. The van der Waals surface area contributed by atoms with Crippen molar-refractivity contribution in [3.63, 3.8) is 0 Å². The molecule has 0 bridgehead atoms. The number of aliphatic carboxylic acids is 1. The maximum atomic E-state index is 12.5. The van der Waals surface area contributed by atoms with Gasteiger partial charge < -0.3 is 14.7 Å². The molecule has 138 valence electrons. The molecule has 2 aliphatic rings. The summed E-state index contributed by atoms with van der Waals surface area (Å²) in [6.07, 6.45) is 9.95. The number of nitrogens with zero attached hydrogens (tertiary/aromatic N) is 3. The van der Waals surface area contributed by atoms with Crippen molar-refractivity contribution in [3.8, 4) is 0 Å². The molecule has 1 saturated carbocycles. The van der Waals surface area contributed by atoms with Gasteiger partial charge in [-0.2, -0.15) is 5.10 Å². The fourth-order valence-corrected chi connectivity index (χ4v) is 4.02. The van der Waals surface area contributed by atoms with Crippen LogP contribution in [0, 0.1) is 5.92 Å². The number of aryl methyl sites for hydroxylation is 1. The van der Waals surface area contributed by atoms with Gasteiger partial charge in [0.1, 0.15) is 0 Å². The number of carbonyl (C=O) groups excluding carboxylic acids is 1. The highest BCUT2D eigenvalue weighted by atomic mass is 16.5. The lowest BCUT2D eigenvalue weighted by Crippen LogP contribution is -2.45. The van der Waals surface area contributed by atoms with Gasteiger partial charge in [0, 0.05) is 38.4 Å². The van der Waals surface area contributed by atoms with Gasteiger partial charge in [-0.05, 0) is 25.7 Å². The van der Waals surface area contributed by atoms with Crippen molar-refractivity contribution in [1.82, 2.24) is 14.7 Å². The molecule has 1 aromatic rings. The van der Waals surface area contributed by atoms with E-state index in [-0.39, 0.29) is 12.3 Å². The van der Waals surface area contributed by atoms with Gasteiger partial charge in [0.25, 0.3) is 0 Å². The number of hydrogen-bond acceptors (Lipinski definition) is 4. The molecule has 7 heteroatoms. The summed E-state index contributed by atoms with van der Waals surface area (Å²) >= 11 is 0. The van der Waals surface area contributed by atoms with Crippen LogP contribution in [0.4, 0.5) is 0 Å². The number of carboxylic acid groups (broad SMARTS) is 1. The predicted octanol–water partition coefficient (Wildman–Crippen LogP) is 2.13. The molecule has 7 nitrogen and oxygen atoms in total. The van der Waals surface area contributed by atoms with E-state index in [2.05, 4.69) is 5.10 Å². The van der Waals surface area contributed by atoms with E-state index >= 15 is 0 Å². The Morgan fingerprint density at radius 3 is 2.76 bits per heavy atom. The highest BCUT2D eigenvalue weighted by Gasteiger charge is 2.41. The molecule has 1 aromatic heterocycles. The van der Waals surface area contributed by atoms with Gasteiger partial charge in [-0.1, -0.05) is 12.8 Å². The van der Waals surface area contributed by atoms with Gasteiger partial charge in [-0.15, -0.1) is 0 Å². The van der Waals surface area contributed by atoms with E-state index in [1.54, 1.807) is 29.0 Å². The summed E-state index contributed by atoms with van der Waals surface area (Å²) in [5.41, 5.74) is 0.791. The molecule has 0 spiro atoms. The lowest BCUT2D eigenvalue weighted by molar-refractivity contribution is -0.152. The molecular formula is C18H27N3O4. The van der Waals surface area contributed by atoms with Crippen LogP contribution in [0.15, 0.2) is 12.4 Å². The number of amides is 1. The van der Waals surface area contributed by atoms with Crippen LogP contribution in [-0.4, -0.2) is 50.9 Å². The summed E-state index contributed by atoms with van der Waals surface area (Å²) in [5.74, 6) is -1.42. The monoisotopic (exact) mass is 349 g/mol. The highest BCUT2D eigenvalue weighted by molar-refractivity contribution is 5.81. The first kappa shape index (κ1) is 17.9. The maximum Gasteiger partial charge on any atom is 0.308 e. The van der Waals surface area contributed by atoms with Gasteiger partial charge in [0.05, 0.1) is 24.3 Å². The van der Waals surface area contributed by atoms with Gasteiger partial charge in [0.15, 0.2) is 0 Å². The Kier molecular flexibility index (Phi) is 5.73. The van der Waals surface area contributed by atoms with E-state index in [9.17, 15) is 14.7 Å². The summed E-state index contributed by atoms with van der Waals surface area (Å²) in [6.45, 7) is 1.14. The normalized spacial score (nSPS) is 24.8. The van der Waals surface area contributed by atoms with E-state index in [0.29, 0.717) is 25.7 Å². The molecule has 0 aromatic carbocycles. The van der Waals surface area contributed by atoms with Crippen LogP contribution in [0.1, 0.15) is 56.6 Å². The molecule has 1 N–H and O–H groups in total. The van der Waals surface area contributed by atoms with Crippen molar-refractivity contribution in [2.75, 3.05) is 13.2 Å². The Labute approximate surface area is 147 Å². The van der Waals surface area contributed by atoms with E-state index in [1.807, 2.05) is 0 Å². The smallest absolute Gasteiger partial charge is 0.308 e. The number of carboxylic acids is 1. The van der Waals surface area contributed by atoms with Crippen molar-refractivity contribution in [1.29, 1.82) is 0 Å². The third-order valence-electron chi connectivity index (χ3n) is 5.29. The Morgan fingerprint density at radius 1 is 1.36 bits per heavy atom. The molecule has 1 aliphatic heterocycles. The number of piperidine rings is 1. The Bertz CT molecular complexity index is 609. The number of hydrogen-bond donors (Lipinski definition) is 1. The Hall–Kier alpha value is -1.89. The van der Waals surface area contributed by atoms with Crippen molar-refractivity contribution in [2.45, 2.75) is 57.1 Å². The second-order valence-electron chi connectivity index (χ2n) is 7.09. The van der Waals surface area contributed by atoms with Crippen molar-refractivity contribution >= 4 is 11.9 Å². The Morgan fingerprint density at radius 2 is 2.12 bits per heavy atom. The zero-order valence-electron chi connectivity index (χ0n) is 14.8. The molecule has 2 fully saturated rings. The second-order valence-corrected chi connectivity index (χ2v) is 7.09. The topological polar surface area (TPSA) is 84.7 Å². The first-order chi connectivity index (χ1) is 12.1. The van der Waals surface area contributed by atoms with Gasteiger partial charge in [-0.25, -0.2) is 0 Å². The molecule has 1 aliphatic carbocycles. The van der Waals surface area contributed by atoms with E-state index in [4.69, 9.17) is 4.74 Å². The summed E-state index contributed by atoms with van der Waals surface area (Å²) in [4.78, 5) is 25.9. The molecule has 1 saturated heterocycles. The van der Waals surface area contributed by atoms with E-state index in [1.165, 1.54) is 12.8 Å². The minimum atomic E-state index is -0.853. The summed E-state index contributed by atoms with van der Waals surface area (Å²) in [7, 11) is 1.80. The predicted molar refractivity (Wildman–Crippen MR) is 90.8 cm³/mol. The van der Waals surface area contributed by atoms with Crippen LogP contribution in [0.3, 0.4) is 0 Å². The third-order valence-corrected chi connectivity index (χ3v) is 5.29. The zero-order chi connectivity index (χ0) is 17.8. The summed E-state index contributed by atoms with van der Waals surface area (Å²) in [6, 6.07) is -0.445. The van der Waals surface area contributed by atoms with Crippen LogP contribution in [0.5, 0.6) is 0 Å². The van der Waals surface area contributed by atoms with E-state index in [0.717, 1.165) is 24.8 Å². The van der Waals surface area contributed by atoms with Crippen LogP contribution < -0.4 is 0 Å². The minimum absolute atomic E-state index is 0.0206. The lowest BCUT2D eigenvalue weighted by atomic mass is 9.85. The standard InChI is InChI=1S/C18H27N3O4/c1-20-12-13(11-19-20)17-15(18(23)24)7-8-16(22)21(17)9-4-10-25-14-5-2-3-6-14/h11-12,14-15,17H,2-10H2,1H3,(H,23,24)/t15-,17-/m1/s1. The van der Waals surface area contributed by atoms with Gasteiger partial charge in [-0.3, -0.25) is 14.3 Å². The fraction of sp³-hybridized carbons (Fsp3) is 0.722. The average molecular weight is 349 g/mol. The SMILES string of the molecule is Cn1cc([C@@H]2[C@H](C(=O)O)CCC(=O)N2CCCOC2CCCC2)cn1. The van der Waals surface area contributed by atoms with Crippen molar-refractivity contribution in [3.05, 3.63) is 18.0 Å².